The van der Waals surface area contributed by atoms with Gasteiger partial charge in [0.25, 0.3) is 0 Å². The maximum atomic E-state index is 11.9. The van der Waals surface area contributed by atoms with Gasteiger partial charge in [0.1, 0.15) is 0 Å². The monoisotopic (exact) mass is 278 g/mol. The van der Waals surface area contributed by atoms with Crippen LogP contribution in [-0.4, -0.2) is 39.2 Å². The molecule has 1 aromatic rings. The number of ether oxygens (including phenoxy) is 2. The highest BCUT2D eigenvalue weighted by Gasteiger charge is 2.27. The van der Waals surface area contributed by atoms with Crippen molar-refractivity contribution in [2.45, 2.75) is 12.8 Å². The molecule has 1 heterocycles. The number of benzene rings is 1. The van der Waals surface area contributed by atoms with Gasteiger partial charge in [-0.25, -0.2) is 9.59 Å². The van der Waals surface area contributed by atoms with Crippen LogP contribution in [0.15, 0.2) is 12.1 Å². The van der Waals surface area contributed by atoms with Crippen LogP contribution in [0.1, 0.15) is 33.6 Å². The van der Waals surface area contributed by atoms with Gasteiger partial charge in [-0.05, 0) is 25.0 Å². The fourth-order valence-electron chi connectivity index (χ4n) is 2.47. The molecule has 1 aliphatic heterocycles. The molecule has 6 nitrogen and oxygen atoms in total. The number of nitrogens with zero attached hydrogens (tertiary/aromatic N) is 1. The highest BCUT2D eigenvalue weighted by atomic mass is 16.5. The van der Waals surface area contributed by atoms with Gasteiger partial charge in [0.2, 0.25) is 0 Å². The van der Waals surface area contributed by atoms with Crippen molar-refractivity contribution < 1.29 is 19.1 Å². The summed E-state index contributed by atoms with van der Waals surface area (Å²) in [6, 6.07) is 3.07. The Morgan fingerprint density at radius 1 is 1.05 bits per heavy atom. The van der Waals surface area contributed by atoms with Gasteiger partial charge in [0, 0.05) is 18.8 Å². The summed E-state index contributed by atoms with van der Waals surface area (Å²) in [5.41, 5.74) is 7.26. The van der Waals surface area contributed by atoms with Crippen LogP contribution in [0.2, 0.25) is 0 Å². The fraction of sp³-hybridized carbons (Fsp3) is 0.429. The van der Waals surface area contributed by atoms with Crippen molar-refractivity contribution in [2.75, 3.05) is 37.9 Å². The van der Waals surface area contributed by atoms with Crippen molar-refractivity contribution >= 4 is 23.3 Å². The van der Waals surface area contributed by atoms with E-state index in [9.17, 15) is 9.59 Å². The van der Waals surface area contributed by atoms with Crippen molar-refractivity contribution in [2.24, 2.45) is 0 Å². The Hall–Kier alpha value is -2.24. The third-order valence-corrected chi connectivity index (χ3v) is 3.37. The summed E-state index contributed by atoms with van der Waals surface area (Å²) in [7, 11) is 2.61. The number of hydrogen-bond acceptors (Lipinski definition) is 6. The highest BCUT2D eigenvalue weighted by Crippen LogP contribution is 2.32. The van der Waals surface area contributed by atoms with Crippen molar-refractivity contribution in [3.8, 4) is 0 Å². The van der Waals surface area contributed by atoms with Gasteiger partial charge in [-0.2, -0.15) is 0 Å². The molecule has 0 radical (unpaired) electrons. The van der Waals surface area contributed by atoms with Crippen LogP contribution < -0.4 is 10.6 Å². The number of carbonyl (C=O) groups is 2. The number of anilines is 2. The quantitative estimate of drug-likeness (QED) is 0.665. The Labute approximate surface area is 117 Å². The Kier molecular flexibility index (Phi) is 4.12. The smallest absolute Gasteiger partial charge is 0.340 e. The van der Waals surface area contributed by atoms with E-state index in [1.807, 2.05) is 4.90 Å². The molecule has 2 rings (SSSR count). The van der Waals surface area contributed by atoms with Crippen LogP contribution in [0, 0.1) is 0 Å². The standard InChI is InChI=1S/C14H18N2O4/c1-19-13(17)10-7-9(15)8-11(14(18)20-2)12(10)16-5-3-4-6-16/h7-8H,3-6,15H2,1-2H3. The van der Waals surface area contributed by atoms with E-state index < -0.39 is 11.9 Å². The van der Waals surface area contributed by atoms with E-state index in [2.05, 4.69) is 0 Å². The summed E-state index contributed by atoms with van der Waals surface area (Å²) in [5.74, 6) is -1.02. The van der Waals surface area contributed by atoms with Crippen molar-refractivity contribution in [1.29, 1.82) is 0 Å². The zero-order valence-electron chi connectivity index (χ0n) is 11.6. The minimum absolute atomic E-state index is 0.301. The molecule has 0 atom stereocenters. The Bertz CT molecular complexity index is 499. The van der Waals surface area contributed by atoms with Crippen LogP contribution >= 0.6 is 0 Å². The van der Waals surface area contributed by atoms with Gasteiger partial charge in [0.05, 0.1) is 31.0 Å². The van der Waals surface area contributed by atoms with Gasteiger partial charge in [-0.15, -0.1) is 0 Å². The number of carbonyl (C=O) groups excluding carboxylic acids is 2. The Morgan fingerprint density at radius 2 is 1.50 bits per heavy atom. The van der Waals surface area contributed by atoms with Gasteiger partial charge < -0.3 is 20.1 Å². The molecule has 0 aliphatic carbocycles. The summed E-state index contributed by atoms with van der Waals surface area (Å²) in [6.45, 7) is 1.58. The Balaban J connectivity index is 2.62. The fourth-order valence-corrected chi connectivity index (χ4v) is 2.47. The maximum Gasteiger partial charge on any atom is 0.340 e. The zero-order valence-corrected chi connectivity index (χ0v) is 11.6. The van der Waals surface area contributed by atoms with E-state index in [0.29, 0.717) is 22.5 Å². The SMILES string of the molecule is COC(=O)c1cc(N)cc(C(=O)OC)c1N1CCCC1. The number of nitrogens with two attached hydrogens (primary N) is 1. The number of hydrogen-bond donors (Lipinski definition) is 1. The largest absolute Gasteiger partial charge is 0.465 e. The number of esters is 2. The summed E-state index contributed by atoms with van der Waals surface area (Å²) in [5, 5.41) is 0. The van der Waals surface area contributed by atoms with Gasteiger partial charge in [-0.3, -0.25) is 0 Å². The van der Waals surface area contributed by atoms with Crippen LogP contribution in [0.25, 0.3) is 0 Å². The first-order valence-corrected chi connectivity index (χ1v) is 6.43. The lowest BCUT2D eigenvalue weighted by molar-refractivity contribution is 0.0601. The molecule has 0 aromatic heterocycles. The summed E-state index contributed by atoms with van der Waals surface area (Å²) in [4.78, 5) is 25.9. The molecule has 1 aliphatic rings. The lowest BCUT2D eigenvalue weighted by Crippen LogP contribution is -2.24. The van der Waals surface area contributed by atoms with Crippen molar-refractivity contribution in [3.05, 3.63) is 23.3 Å². The zero-order chi connectivity index (χ0) is 14.7. The predicted octanol–water partition coefficient (Wildman–Crippen LogP) is 1.44. The average molecular weight is 278 g/mol. The molecule has 0 bridgehead atoms. The molecule has 1 fully saturated rings. The van der Waals surface area contributed by atoms with Crippen molar-refractivity contribution in [1.82, 2.24) is 0 Å². The van der Waals surface area contributed by atoms with E-state index >= 15 is 0 Å². The normalized spacial score (nSPS) is 14.2. The second kappa shape index (κ2) is 5.81. The van der Waals surface area contributed by atoms with E-state index in [-0.39, 0.29) is 0 Å². The number of methoxy groups -OCH3 is 2. The number of rotatable bonds is 3. The van der Waals surface area contributed by atoms with E-state index in [4.69, 9.17) is 15.2 Å². The van der Waals surface area contributed by atoms with Crippen LogP contribution in [0.3, 0.4) is 0 Å². The highest BCUT2D eigenvalue weighted by molar-refractivity contribution is 6.06. The minimum Gasteiger partial charge on any atom is -0.465 e. The summed E-state index contributed by atoms with van der Waals surface area (Å²) < 4.78 is 9.57. The van der Waals surface area contributed by atoms with E-state index in [1.165, 1.54) is 26.4 Å². The molecular weight excluding hydrogens is 260 g/mol. The third kappa shape index (κ3) is 2.54. The Morgan fingerprint density at radius 3 is 1.90 bits per heavy atom. The number of nitrogen functional groups attached to an aromatic ring is 1. The molecule has 0 saturated carbocycles. The van der Waals surface area contributed by atoms with Gasteiger partial charge in [-0.1, -0.05) is 0 Å². The summed E-state index contributed by atoms with van der Waals surface area (Å²) >= 11 is 0. The second-order valence-electron chi connectivity index (χ2n) is 4.64. The first-order valence-electron chi connectivity index (χ1n) is 6.43. The lowest BCUT2D eigenvalue weighted by atomic mass is 10.0. The lowest BCUT2D eigenvalue weighted by Gasteiger charge is -2.23. The molecule has 1 aromatic carbocycles. The van der Waals surface area contributed by atoms with Crippen LogP contribution in [0.5, 0.6) is 0 Å². The van der Waals surface area contributed by atoms with Crippen molar-refractivity contribution in [3.63, 3.8) is 0 Å². The molecule has 108 valence electrons. The molecule has 2 N–H and O–H groups in total. The molecular formula is C14H18N2O4. The first kappa shape index (κ1) is 14.2. The molecule has 6 heteroatoms. The van der Waals surface area contributed by atoms with Crippen LogP contribution in [-0.2, 0) is 9.47 Å². The third-order valence-electron chi connectivity index (χ3n) is 3.37. The molecule has 1 saturated heterocycles. The second-order valence-corrected chi connectivity index (χ2v) is 4.64. The van der Waals surface area contributed by atoms with E-state index in [1.54, 1.807) is 0 Å². The van der Waals surface area contributed by atoms with E-state index in [0.717, 1.165) is 25.9 Å². The topological polar surface area (TPSA) is 81.9 Å². The minimum atomic E-state index is -0.510. The average Bonchev–Trinajstić information content (AvgIpc) is 2.98. The maximum absolute atomic E-state index is 11.9. The molecule has 20 heavy (non-hydrogen) atoms. The molecule has 0 amide bonds. The van der Waals surface area contributed by atoms with Gasteiger partial charge in [0.15, 0.2) is 0 Å². The molecule has 0 unspecified atom stereocenters. The molecule has 0 spiro atoms. The van der Waals surface area contributed by atoms with Crippen LogP contribution in [0.4, 0.5) is 11.4 Å². The van der Waals surface area contributed by atoms with Gasteiger partial charge >= 0.3 is 11.9 Å². The first-order chi connectivity index (χ1) is 9.58. The summed E-state index contributed by atoms with van der Waals surface area (Å²) in [6.07, 6.45) is 2.04. The predicted molar refractivity (Wildman–Crippen MR) is 75.0 cm³/mol.